The Bertz CT molecular complexity index is 1470. The van der Waals surface area contributed by atoms with Gasteiger partial charge >= 0.3 is 5.97 Å². The molecule has 9 heteroatoms. The first-order chi connectivity index (χ1) is 16.4. The molecule has 0 spiro atoms. The van der Waals surface area contributed by atoms with Gasteiger partial charge in [-0.3, -0.25) is 0 Å². The molecule has 4 aromatic rings. The van der Waals surface area contributed by atoms with Gasteiger partial charge < -0.3 is 26.0 Å². The number of methoxy groups -OCH3 is 2. The zero-order chi connectivity index (χ0) is 24.2. The Morgan fingerprint density at radius 1 is 1.00 bits per heavy atom. The van der Waals surface area contributed by atoms with Crippen molar-refractivity contribution >= 4 is 28.8 Å². The van der Waals surface area contributed by atoms with Crippen molar-refractivity contribution in [1.82, 2.24) is 15.0 Å². The molecule has 0 saturated carbocycles. The maximum atomic E-state index is 11.2. The van der Waals surface area contributed by atoms with Crippen LogP contribution in [0.1, 0.15) is 32.6 Å². The molecular formula is C25H21N5O4. The van der Waals surface area contributed by atoms with Crippen molar-refractivity contribution in [2.24, 2.45) is 0 Å². The number of hydrogen-bond donors (Lipinski definition) is 3. The Balaban J connectivity index is 1.72. The van der Waals surface area contributed by atoms with Crippen molar-refractivity contribution in [2.45, 2.75) is 6.42 Å². The number of aromatic nitrogens is 3. The molecule has 0 unspecified atom stereocenters. The summed E-state index contributed by atoms with van der Waals surface area (Å²) in [5, 5.41) is 9.66. The zero-order valence-corrected chi connectivity index (χ0v) is 18.5. The van der Waals surface area contributed by atoms with Gasteiger partial charge in [0.25, 0.3) is 0 Å². The summed E-state index contributed by atoms with van der Waals surface area (Å²) in [6.45, 7) is 0. The fourth-order valence-corrected chi connectivity index (χ4v) is 3.59. The van der Waals surface area contributed by atoms with Crippen molar-refractivity contribution in [1.29, 1.82) is 0 Å². The van der Waals surface area contributed by atoms with Crippen LogP contribution in [0.4, 0.5) is 11.8 Å². The molecule has 0 atom stereocenters. The van der Waals surface area contributed by atoms with Gasteiger partial charge in [0.15, 0.2) is 5.65 Å². The number of aromatic carboxylic acids is 1. The smallest absolute Gasteiger partial charge is 0.335 e. The van der Waals surface area contributed by atoms with E-state index < -0.39 is 5.97 Å². The molecule has 2 heterocycles. The van der Waals surface area contributed by atoms with Gasteiger partial charge in [0.05, 0.1) is 19.8 Å². The number of carboxylic acid groups (broad SMARTS) is 1. The second-order valence-corrected chi connectivity index (χ2v) is 7.32. The Hall–Kier alpha value is -4.84. The number of rotatable bonds is 5. The lowest BCUT2D eigenvalue weighted by Gasteiger charge is -2.14. The largest absolute Gasteiger partial charge is 0.496 e. The minimum absolute atomic E-state index is 0.0362. The van der Waals surface area contributed by atoms with Gasteiger partial charge in [0.2, 0.25) is 5.95 Å². The van der Waals surface area contributed by atoms with Crippen LogP contribution in [-0.4, -0.2) is 40.2 Å². The second-order valence-electron chi connectivity index (χ2n) is 7.32. The standard InChI is InChI=1S/C25H21N5O4/c1-33-19-9-8-15(7-6-14-4-3-5-16(10-14)24(31)32)11-17(19)12-18-13-28-23-20(21(18)34-2)22(26)29-25(27)30-23/h3-5,8-11,13H,12H2,1-2H3,(H,31,32)(H4,26,27,28,29,30). The van der Waals surface area contributed by atoms with Crippen LogP contribution in [0, 0.1) is 11.8 Å². The van der Waals surface area contributed by atoms with Crippen LogP contribution >= 0.6 is 0 Å². The van der Waals surface area contributed by atoms with E-state index in [1.807, 2.05) is 18.2 Å². The van der Waals surface area contributed by atoms with Crippen LogP contribution in [0.5, 0.6) is 11.5 Å². The third-order valence-corrected chi connectivity index (χ3v) is 5.12. The topological polar surface area (TPSA) is 146 Å². The highest BCUT2D eigenvalue weighted by Gasteiger charge is 2.17. The summed E-state index contributed by atoms with van der Waals surface area (Å²) < 4.78 is 11.2. The highest BCUT2D eigenvalue weighted by molar-refractivity contribution is 5.93. The summed E-state index contributed by atoms with van der Waals surface area (Å²) >= 11 is 0. The highest BCUT2D eigenvalue weighted by Crippen LogP contribution is 2.34. The predicted octanol–water partition coefficient (Wildman–Crippen LogP) is 2.90. The molecule has 0 fully saturated rings. The first kappa shape index (κ1) is 22.4. The van der Waals surface area contributed by atoms with Crippen molar-refractivity contribution in [3.63, 3.8) is 0 Å². The summed E-state index contributed by atoms with van der Waals surface area (Å²) in [6, 6.07) is 12.0. The van der Waals surface area contributed by atoms with Gasteiger partial charge in [-0.05, 0) is 42.0 Å². The third-order valence-electron chi connectivity index (χ3n) is 5.12. The Morgan fingerprint density at radius 3 is 2.47 bits per heavy atom. The number of anilines is 2. The summed E-state index contributed by atoms with van der Waals surface area (Å²) in [7, 11) is 3.13. The number of hydrogen-bond acceptors (Lipinski definition) is 8. The quantitative estimate of drug-likeness (QED) is 0.386. The van der Waals surface area contributed by atoms with Crippen molar-refractivity contribution in [3.8, 4) is 23.3 Å². The first-order valence-electron chi connectivity index (χ1n) is 10.2. The number of fused-ring (bicyclic) bond motifs is 1. The van der Waals surface area contributed by atoms with Gasteiger partial charge in [-0.15, -0.1) is 0 Å². The molecule has 0 bridgehead atoms. The van der Waals surface area contributed by atoms with Crippen molar-refractivity contribution in [3.05, 3.63) is 76.5 Å². The number of carbonyl (C=O) groups is 1. The van der Waals surface area contributed by atoms with E-state index in [1.165, 1.54) is 12.1 Å². The van der Waals surface area contributed by atoms with E-state index in [0.29, 0.717) is 34.5 Å². The van der Waals surface area contributed by atoms with E-state index in [-0.39, 0.29) is 17.3 Å². The zero-order valence-electron chi connectivity index (χ0n) is 18.5. The van der Waals surface area contributed by atoms with E-state index >= 15 is 0 Å². The van der Waals surface area contributed by atoms with E-state index in [1.54, 1.807) is 32.5 Å². The van der Waals surface area contributed by atoms with Gasteiger partial charge in [-0.1, -0.05) is 17.9 Å². The lowest BCUT2D eigenvalue weighted by molar-refractivity contribution is 0.0697. The molecule has 34 heavy (non-hydrogen) atoms. The fourth-order valence-electron chi connectivity index (χ4n) is 3.59. The van der Waals surface area contributed by atoms with E-state index in [2.05, 4.69) is 26.8 Å². The van der Waals surface area contributed by atoms with E-state index in [0.717, 1.165) is 16.7 Å². The third kappa shape index (κ3) is 4.52. The summed E-state index contributed by atoms with van der Waals surface area (Å²) in [4.78, 5) is 23.7. The SMILES string of the molecule is COc1ccc(C#Cc2cccc(C(=O)O)c2)cc1Cc1cnc2nc(N)nc(N)c2c1OC. The van der Waals surface area contributed by atoms with Gasteiger partial charge in [-0.2, -0.15) is 9.97 Å². The lowest BCUT2D eigenvalue weighted by atomic mass is 10.0. The Labute approximate surface area is 195 Å². The predicted molar refractivity (Wildman–Crippen MR) is 128 cm³/mol. The summed E-state index contributed by atoms with van der Waals surface area (Å²) in [5.41, 5.74) is 15.2. The minimum atomic E-state index is -0.998. The molecule has 2 aromatic heterocycles. The number of benzene rings is 2. The van der Waals surface area contributed by atoms with E-state index in [4.69, 9.17) is 26.0 Å². The monoisotopic (exact) mass is 455 g/mol. The van der Waals surface area contributed by atoms with Crippen LogP contribution in [-0.2, 0) is 6.42 Å². The normalized spacial score (nSPS) is 10.4. The number of pyridine rings is 1. The van der Waals surface area contributed by atoms with Crippen molar-refractivity contribution in [2.75, 3.05) is 25.7 Å². The molecule has 0 aliphatic rings. The molecule has 0 saturated heterocycles. The van der Waals surface area contributed by atoms with Gasteiger partial charge in [-0.25, -0.2) is 9.78 Å². The first-order valence-corrected chi connectivity index (χ1v) is 10.2. The molecule has 0 radical (unpaired) electrons. The molecule has 5 N–H and O–H groups in total. The highest BCUT2D eigenvalue weighted by atomic mass is 16.5. The number of nitrogens with zero attached hydrogens (tertiary/aromatic N) is 3. The summed E-state index contributed by atoms with van der Waals surface area (Å²) in [6.07, 6.45) is 2.07. The molecule has 2 aromatic carbocycles. The number of nitrogens with two attached hydrogens (primary N) is 2. The van der Waals surface area contributed by atoms with Gasteiger partial charge in [0.1, 0.15) is 22.7 Å². The van der Waals surface area contributed by atoms with E-state index in [9.17, 15) is 4.79 Å². The summed E-state index contributed by atoms with van der Waals surface area (Å²) in [5.74, 6) is 6.48. The second kappa shape index (κ2) is 9.34. The molecule has 0 aliphatic heterocycles. The Kier molecular flexibility index (Phi) is 6.14. The minimum Gasteiger partial charge on any atom is -0.496 e. The number of ether oxygens (including phenoxy) is 2. The molecule has 4 rings (SSSR count). The molecule has 0 aliphatic carbocycles. The molecule has 0 amide bonds. The van der Waals surface area contributed by atoms with Crippen LogP contribution < -0.4 is 20.9 Å². The molecule has 170 valence electrons. The number of carboxylic acids is 1. The van der Waals surface area contributed by atoms with Crippen molar-refractivity contribution < 1.29 is 19.4 Å². The van der Waals surface area contributed by atoms with Gasteiger partial charge in [0, 0.05) is 29.3 Å². The lowest BCUT2D eigenvalue weighted by Crippen LogP contribution is -2.05. The van der Waals surface area contributed by atoms with Crippen LogP contribution in [0.15, 0.2) is 48.7 Å². The van der Waals surface area contributed by atoms with Crippen LogP contribution in [0.3, 0.4) is 0 Å². The fraction of sp³-hybridized carbons (Fsp3) is 0.120. The average Bonchev–Trinajstić information content (AvgIpc) is 2.83. The maximum absolute atomic E-state index is 11.2. The maximum Gasteiger partial charge on any atom is 0.335 e. The Morgan fingerprint density at radius 2 is 1.76 bits per heavy atom. The average molecular weight is 455 g/mol. The van der Waals surface area contributed by atoms with Crippen LogP contribution in [0.25, 0.3) is 11.0 Å². The number of nitrogen functional groups attached to an aromatic ring is 2. The molecular weight excluding hydrogens is 434 g/mol. The van der Waals surface area contributed by atoms with Crippen LogP contribution in [0.2, 0.25) is 0 Å². The molecule has 9 nitrogen and oxygen atoms in total.